The van der Waals surface area contributed by atoms with Crippen molar-refractivity contribution in [3.05, 3.63) is 39.5 Å². The van der Waals surface area contributed by atoms with Crippen LogP contribution in [0.1, 0.15) is 6.92 Å². The van der Waals surface area contributed by atoms with Gasteiger partial charge in [-0.2, -0.15) is 11.3 Å². The van der Waals surface area contributed by atoms with Gasteiger partial charge < -0.3 is 5.32 Å². The van der Waals surface area contributed by atoms with E-state index in [2.05, 4.69) is 61.3 Å². The number of nitrogens with one attached hydrogen (secondary N) is 1. The van der Waals surface area contributed by atoms with Crippen molar-refractivity contribution in [3.63, 3.8) is 0 Å². The summed E-state index contributed by atoms with van der Waals surface area (Å²) in [6.07, 6.45) is 0. The molecule has 0 saturated carbocycles. The maximum atomic E-state index is 4.39. The molecule has 2 heterocycles. The van der Waals surface area contributed by atoms with Gasteiger partial charge in [0, 0.05) is 38.1 Å². The van der Waals surface area contributed by atoms with Gasteiger partial charge in [-0.1, -0.05) is 24.3 Å². The first kappa shape index (κ1) is 12.6. The van der Waals surface area contributed by atoms with Crippen LogP contribution in [0.5, 0.6) is 0 Å². The van der Waals surface area contributed by atoms with Crippen LogP contribution in [0.25, 0.3) is 22.0 Å². The molecule has 0 radical (unpaired) electrons. The van der Waals surface area contributed by atoms with E-state index in [4.69, 9.17) is 0 Å². The lowest BCUT2D eigenvalue weighted by atomic mass is 10.1. The molecule has 1 aromatic carbocycles. The van der Waals surface area contributed by atoms with E-state index in [0.29, 0.717) is 0 Å². The molecule has 0 aliphatic heterocycles. The molecule has 0 aliphatic carbocycles. The second-order valence-corrected chi connectivity index (χ2v) is 5.70. The van der Waals surface area contributed by atoms with Crippen molar-refractivity contribution >= 4 is 43.9 Å². The maximum absolute atomic E-state index is 4.39. The van der Waals surface area contributed by atoms with Crippen LogP contribution in [-0.2, 0) is 0 Å². The van der Waals surface area contributed by atoms with Gasteiger partial charge in [-0.3, -0.25) is 0 Å². The van der Waals surface area contributed by atoms with Crippen LogP contribution < -0.4 is 5.32 Å². The van der Waals surface area contributed by atoms with Gasteiger partial charge in [0.25, 0.3) is 0 Å². The fourth-order valence-electron chi connectivity index (χ4n) is 2.05. The molecule has 5 heteroatoms. The number of benzene rings is 1. The number of nitrogens with zero attached hydrogens (tertiary/aromatic N) is 2. The van der Waals surface area contributed by atoms with Gasteiger partial charge in [-0.25, -0.2) is 0 Å². The van der Waals surface area contributed by atoms with Gasteiger partial charge in [0.05, 0.1) is 0 Å². The van der Waals surface area contributed by atoms with Crippen molar-refractivity contribution in [1.82, 2.24) is 10.2 Å². The van der Waals surface area contributed by atoms with Crippen LogP contribution in [0.3, 0.4) is 0 Å². The Morgan fingerprint density at radius 1 is 1.16 bits per heavy atom. The summed E-state index contributed by atoms with van der Waals surface area (Å²) in [5, 5.41) is 18.3. The van der Waals surface area contributed by atoms with Crippen molar-refractivity contribution in [2.45, 2.75) is 6.92 Å². The summed E-state index contributed by atoms with van der Waals surface area (Å²) in [7, 11) is 0. The van der Waals surface area contributed by atoms with Gasteiger partial charge in [0.2, 0.25) is 0 Å². The van der Waals surface area contributed by atoms with Crippen molar-refractivity contribution in [1.29, 1.82) is 0 Å². The Labute approximate surface area is 123 Å². The predicted molar refractivity (Wildman–Crippen MR) is 84.7 cm³/mol. The Morgan fingerprint density at radius 3 is 2.63 bits per heavy atom. The number of aromatic nitrogens is 2. The van der Waals surface area contributed by atoms with Gasteiger partial charge >= 0.3 is 0 Å². The first-order valence-electron chi connectivity index (χ1n) is 6.02. The van der Waals surface area contributed by atoms with E-state index in [1.54, 1.807) is 11.3 Å². The molecule has 96 valence electrons. The topological polar surface area (TPSA) is 37.8 Å². The third-order valence-corrected chi connectivity index (χ3v) is 4.60. The minimum absolute atomic E-state index is 0.833. The van der Waals surface area contributed by atoms with Crippen molar-refractivity contribution in [3.8, 4) is 11.3 Å². The molecule has 0 unspecified atom stereocenters. The molecule has 19 heavy (non-hydrogen) atoms. The van der Waals surface area contributed by atoms with Crippen LogP contribution in [0.4, 0.5) is 5.82 Å². The van der Waals surface area contributed by atoms with E-state index in [1.807, 2.05) is 12.1 Å². The molecule has 0 aliphatic rings. The molecule has 1 N–H and O–H groups in total. The van der Waals surface area contributed by atoms with E-state index in [9.17, 15) is 0 Å². The van der Waals surface area contributed by atoms with Gasteiger partial charge in [-0.15, -0.1) is 10.2 Å². The largest absolute Gasteiger partial charge is 0.368 e. The highest BCUT2D eigenvalue weighted by molar-refractivity contribution is 9.10. The van der Waals surface area contributed by atoms with E-state index in [1.165, 1.54) is 0 Å². The van der Waals surface area contributed by atoms with Crippen molar-refractivity contribution < 1.29 is 0 Å². The summed E-state index contributed by atoms with van der Waals surface area (Å²) in [6, 6.07) is 8.22. The smallest absolute Gasteiger partial charge is 0.156 e. The maximum Gasteiger partial charge on any atom is 0.156 e. The molecule has 0 spiro atoms. The standard InChI is InChI=1S/C14H12BrN3S/c1-2-16-14-10-6-4-3-5-9(10)13(17-18-14)11-7-19-8-12(11)15/h3-8H,2H2,1H3,(H,16,18). The molecule has 0 bridgehead atoms. The molecular formula is C14H12BrN3S. The third kappa shape index (κ3) is 2.24. The summed E-state index contributed by atoms with van der Waals surface area (Å²) in [4.78, 5) is 0. The first-order valence-corrected chi connectivity index (χ1v) is 7.76. The van der Waals surface area contributed by atoms with Crippen LogP contribution in [0.15, 0.2) is 39.5 Å². The van der Waals surface area contributed by atoms with Gasteiger partial charge in [0.15, 0.2) is 5.82 Å². The highest BCUT2D eigenvalue weighted by Gasteiger charge is 2.13. The number of anilines is 1. The lowest BCUT2D eigenvalue weighted by Gasteiger charge is -2.09. The van der Waals surface area contributed by atoms with E-state index in [-0.39, 0.29) is 0 Å². The van der Waals surface area contributed by atoms with Gasteiger partial charge in [0.1, 0.15) is 5.69 Å². The third-order valence-electron chi connectivity index (χ3n) is 2.90. The minimum atomic E-state index is 0.833. The molecule has 0 atom stereocenters. The zero-order chi connectivity index (χ0) is 13.2. The van der Waals surface area contributed by atoms with Crippen molar-refractivity contribution in [2.75, 3.05) is 11.9 Å². The molecule has 3 rings (SSSR count). The fraction of sp³-hybridized carbons (Fsp3) is 0.143. The average molecular weight is 334 g/mol. The molecular weight excluding hydrogens is 322 g/mol. The number of thiophene rings is 1. The average Bonchev–Trinajstić information content (AvgIpc) is 2.86. The number of fused-ring (bicyclic) bond motifs is 1. The summed E-state index contributed by atoms with van der Waals surface area (Å²) in [6.45, 7) is 2.89. The second kappa shape index (κ2) is 5.27. The SMILES string of the molecule is CCNc1nnc(-c2cscc2Br)c2ccccc12. The number of hydrogen-bond donors (Lipinski definition) is 1. The molecule has 3 aromatic rings. The van der Waals surface area contributed by atoms with Crippen LogP contribution in [0, 0.1) is 0 Å². The zero-order valence-corrected chi connectivity index (χ0v) is 12.8. The Balaban J connectivity index is 2.28. The molecule has 3 nitrogen and oxygen atoms in total. The highest BCUT2D eigenvalue weighted by atomic mass is 79.9. The quantitative estimate of drug-likeness (QED) is 0.763. The molecule has 0 amide bonds. The highest BCUT2D eigenvalue weighted by Crippen LogP contribution is 2.35. The van der Waals surface area contributed by atoms with Gasteiger partial charge in [-0.05, 0) is 22.9 Å². The number of hydrogen-bond acceptors (Lipinski definition) is 4. The lowest BCUT2D eigenvalue weighted by Crippen LogP contribution is -2.02. The lowest BCUT2D eigenvalue weighted by molar-refractivity contribution is 1.03. The summed E-state index contributed by atoms with van der Waals surface area (Å²) >= 11 is 5.22. The van der Waals surface area contributed by atoms with E-state index < -0.39 is 0 Å². The number of halogens is 1. The number of rotatable bonds is 3. The molecule has 2 aromatic heterocycles. The van der Waals surface area contributed by atoms with E-state index >= 15 is 0 Å². The fourth-order valence-corrected chi connectivity index (χ4v) is 3.52. The Hall–Kier alpha value is -1.46. The summed E-state index contributed by atoms with van der Waals surface area (Å²) in [5.41, 5.74) is 2.02. The monoisotopic (exact) mass is 333 g/mol. The predicted octanol–water partition coefficient (Wildman–Crippen LogP) is 4.55. The second-order valence-electron chi connectivity index (χ2n) is 4.11. The summed E-state index contributed by atoms with van der Waals surface area (Å²) in [5.74, 6) is 0.841. The van der Waals surface area contributed by atoms with Crippen molar-refractivity contribution in [2.24, 2.45) is 0 Å². The molecule has 0 fully saturated rings. The summed E-state index contributed by atoms with van der Waals surface area (Å²) < 4.78 is 1.06. The minimum Gasteiger partial charge on any atom is -0.368 e. The van der Waals surface area contributed by atoms with E-state index in [0.717, 1.165) is 38.9 Å². The van der Waals surface area contributed by atoms with Crippen LogP contribution >= 0.6 is 27.3 Å². The zero-order valence-electron chi connectivity index (χ0n) is 10.4. The normalized spacial score (nSPS) is 10.8. The van der Waals surface area contributed by atoms with Crippen LogP contribution in [-0.4, -0.2) is 16.7 Å². The van der Waals surface area contributed by atoms with Crippen LogP contribution in [0.2, 0.25) is 0 Å². The Bertz CT molecular complexity index is 724. The first-order chi connectivity index (χ1) is 9.31. The Morgan fingerprint density at radius 2 is 1.95 bits per heavy atom. The molecule has 0 saturated heterocycles. The Kier molecular flexibility index (Phi) is 3.48.